The first-order chi connectivity index (χ1) is 18.1. The number of nitrogens with zero attached hydrogens (tertiary/aromatic N) is 2. The molecule has 0 spiro atoms. The van der Waals surface area contributed by atoms with Crippen molar-refractivity contribution < 1.29 is 24.5 Å². The molecular formula is C28H40N4O5S. The van der Waals surface area contributed by atoms with Gasteiger partial charge in [0.05, 0.1) is 18.4 Å². The number of para-hydroxylation sites is 1. The zero-order chi connectivity index (χ0) is 27.5. The van der Waals surface area contributed by atoms with E-state index in [1.54, 1.807) is 12.1 Å². The lowest BCUT2D eigenvalue weighted by molar-refractivity contribution is -0.144. The van der Waals surface area contributed by atoms with E-state index < -0.39 is 11.5 Å². The van der Waals surface area contributed by atoms with Crippen LogP contribution in [0.5, 0.6) is 5.75 Å². The van der Waals surface area contributed by atoms with Crippen LogP contribution in [0.4, 0.5) is 5.13 Å². The minimum absolute atomic E-state index is 0.0405. The van der Waals surface area contributed by atoms with E-state index in [1.807, 2.05) is 44.1 Å². The average molecular weight is 545 g/mol. The third-order valence-corrected chi connectivity index (χ3v) is 9.53. The van der Waals surface area contributed by atoms with Gasteiger partial charge in [0.2, 0.25) is 5.91 Å². The third kappa shape index (κ3) is 5.88. The number of aliphatic hydroxyl groups excluding tert-OH is 2. The molecule has 10 heteroatoms. The molecule has 0 radical (unpaired) electrons. The van der Waals surface area contributed by atoms with Crippen molar-refractivity contribution >= 4 is 28.3 Å². The van der Waals surface area contributed by atoms with Gasteiger partial charge in [-0.1, -0.05) is 32.0 Å². The fraction of sp³-hybridized carbons (Fsp3) is 0.607. The molecule has 2 aromatic rings. The minimum atomic E-state index is -0.693. The molecule has 4 rings (SSSR count). The summed E-state index contributed by atoms with van der Waals surface area (Å²) in [5, 5.41) is 27.7. The number of ether oxygens (including phenoxy) is 1. The number of carbonyl (C=O) groups is 2. The summed E-state index contributed by atoms with van der Waals surface area (Å²) in [6.45, 7) is 5.14. The van der Waals surface area contributed by atoms with Crippen molar-refractivity contribution in [3.8, 4) is 5.75 Å². The molecule has 1 heterocycles. The zero-order valence-corrected chi connectivity index (χ0v) is 23.5. The Morgan fingerprint density at radius 1 is 1.21 bits per heavy atom. The van der Waals surface area contributed by atoms with E-state index in [2.05, 4.69) is 17.6 Å². The van der Waals surface area contributed by atoms with Gasteiger partial charge in [0.25, 0.3) is 5.91 Å². The predicted molar refractivity (Wildman–Crippen MR) is 147 cm³/mol. The number of hydrogen-bond donors (Lipinski definition) is 4. The lowest BCUT2D eigenvalue weighted by Crippen LogP contribution is -2.57. The van der Waals surface area contributed by atoms with Crippen molar-refractivity contribution in [2.45, 2.75) is 51.6 Å². The Morgan fingerprint density at radius 3 is 2.63 bits per heavy atom. The maximum atomic E-state index is 13.1. The Labute approximate surface area is 228 Å². The van der Waals surface area contributed by atoms with E-state index >= 15 is 0 Å². The molecule has 9 nitrogen and oxygen atoms in total. The number of amides is 2. The SMILES string of the molecule is CN(C)CCNC(=O)CC1c2nc(NC(=O)COc3ccccc3)sc2CC2C(C)(CO)C(O)CCC12C. The van der Waals surface area contributed by atoms with Crippen LogP contribution in [0, 0.1) is 16.7 Å². The highest BCUT2D eigenvalue weighted by Crippen LogP contribution is 2.62. The number of rotatable bonds is 10. The Morgan fingerprint density at radius 2 is 1.95 bits per heavy atom. The molecule has 0 saturated heterocycles. The Bertz CT molecular complexity index is 1130. The average Bonchev–Trinajstić information content (AvgIpc) is 3.28. The number of nitrogens with one attached hydrogen (secondary N) is 2. The second kappa shape index (κ2) is 11.7. The van der Waals surface area contributed by atoms with E-state index in [1.165, 1.54) is 11.3 Å². The Kier molecular flexibility index (Phi) is 8.76. The van der Waals surface area contributed by atoms with E-state index in [4.69, 9.17) is 9.72 Å². The van der Waals surface area contributed by atoms with Gasteiger partial charge in [0, 0.05) is 35.7 Å². The highest BCUT2D eigenvalue weighted by Gasteiger charge is 2.59. The van der Waals surface area contributed by atoms with Gasteiger partial charge < -0.3 is 25.2 Å². The van der Waals surface area contributed by atoms with Crippen LogP contribution in [0.1, 0.15) is 49.6 Å². The summed E-state index contributed by atoms with van der Waals surface area (Å²) in [5.41, 5.74) is -0.192. The first-order valence-electron chi connectivity index (χ1n) is 13.2. The molecule has 2 amide bonds. The minimum Gasteiger partial charge on any atom is -0.484 e. The van der Waals surface area contributed by atoms with Crippen molar-refractivity contribution in [1.82, 2.24) is 15.2 Å². The smallest absolute Gasteiger partial charge is 0.264 e. The molecule has 1 aromatic heterocycles. The van der Waals surface area contributed by atoms with Crippen LogP contribution in [0.3, 0.4) is 0 Å². The normalized spacial score (nSPS) is 28.3. The quantitative estimate of drug-likeness (QED) is 0.363. The predicted octanol–water partition coefficient (Wildman–Crippen LogP) is 2.64. The summed E-state index contributed by atoms with van der Waals surface area (Å²) in [5.74, 6) is 0.0199. The molecule has 5 unspecified atom stereocenters. The monoisotopic (exact) mass is 544 g/mol. The van der Waals surface area contributed by atoms with E-state index in [9.17, 15) is 19.8 Å². The number of benzene rings is 1. The lowest BCUT2D eigenvalue weighted by Gasteiger charge is -2.58. The second-order valence-electron chi connectivity index (χ2n) is 11.4. The number of likely N-dealkylation sites (N-methyl/N-ethyl adjacent to an activating group) is 1. The van der Waals surface area contributed by atoms with Crippen molar-refractivity contribution in [3.05, 3.63) is 40.9 Å². The van der Waals surface area contributed by atoms with Gasteiger partial charge >= 0.3 is 0 Å². The number of thiazole rings is 1. The van der Waals surface area contributed by atoms with Gasteiger partial charge in [-0.15, -0.1) is 11.3 Å². The maximum Gasteiger partial charge on any atom is 0.264 e. The van der Waals surface area contributed by atoms with Gasteiger partial charge in [-0.2, -0.15) is 0 Å². The summed E-state index contributed by atoms with van der Waals surface area (Å²) < 4.78 is 5.57. The molecule has 0 aliphatic heterocycles. The van der Waals surface area contributed by atoms with E-state index in [0.717, 1.165) is 23.5 Å². The van der Waals surface area contributed by atoms with Gasteiger partial charge in [0.15, 0.2) is 11.7 Å². The van der Waals surface area contributed by atoms with Crippen molar-refractivity contribution in [2.24, 2.45) is 16.7 Å². The molecule has 1 saturated carbocycles. The van der Waals surface area contributed by atoms with Crippen LogP contribution in [0.15, 0.2) is 30.3 Å². The molecule has 1 fully saturated rings. The molecule has 2 aliphatic carbocycles. The highest BCUT2D eigenvalue weighted by molar-refractivity contribution is 7.15. The fourth-order valence-corrected chi connectivity index (χ4v) is 7.28. The van der Waals surface area contributed by atoms with Gasteiger partial charge in [0.1, 0.15) is 5.75 Å². The summed E-state index contributed by atoms with van der Waals surface area (Å²) in [4.78, 5) is 33.6. The molecule has 0 bridgehead atoms. The summed E-state index contributed by atoms with van der Waals surface area (Å²) in [7, 11) is 3.93. The van der Waals surface area contributed by atoms with Crippen molar-refractivity contribution in [3.63, 3.8) is 0 Å². The number of anilines is 1. The number of aliphatic hydroxyl groups is 2. The molecular weight excluding hydrogens is 504 g/mol. The molecule has 38 heavy (non-hydrogen) atoms. The van der Waals surface area contributed by atoms with Crippen LogP contribution >= 0.6 is 11.3 Å². The van der Waals surface area contributed by atoms with E-state index in [0.29, 0.717) is 30.3 Å². The molecule has 208 valence electrons. The first-order valence-corrected chi connectivity index (χ1v) is 14.1. The zero-order valence-electron chi connectivity index (χ0n) is 22.7. The van der Waals surface area contributed by atoms with Gasteiger partial charge in [-0.25, -0.2) is 4.98 Å². The Balaban J connectivity index is 1.57. The van der Waals surface area contributed by atoms with Gasteiger partial charge in [-0.05, 0) is 56.8 Å². The van der Waals surface area contributed by atoms with Crippen molar-refractivity contribution in [2.75, 3.05) is 45.7 Å². The number of fused-ring (bicyclic) bond motifs is 2. The number of hydrogen-bond acceptors (Lipinski definition) is 8. The van der Waals surface area contributed by atoms with Gasteiger partial charge in [-0.3, -0.25) is 14.9 Å². The second-order valence-corrected chi connectivity index (χ2v) is 12.5. The largest absolute Gasteiger partial charge is 0.484 e. The molecule has 1 aromatic carbocycles. The first kappa shape index (κ1) is 28.5. The lowest BCUT2D eigenvalue weighted by atomic mass is 9.47. The number of carbonyl (C=O) groups excluding carboxylic acids is 2. The third-order valence-electron chi connectivity index (χ3n) is 8.52. The molecule has 4 N–H and O–H groups in total. The summed E-state index contributed by atoms with van der Waals surface area (Å²) in [6.07, 6.45) is 1.56. The van der Waals surface area contributed by atoms with E-state index in [-0.39, 0.29) is 48.7 Å². The Hall–Kier alpha value is -2.53. The van der Waals surface area contributed by atoms with Crippen LogP contribution in [-0.2, 0) is 16.0 Å². The number of aromatic nitrogens is 1. The van der Waals surface area contributed by atoms with Crippen LogP contribution in [0.2, 0.25) is 0 Å². The van der Waals surface area contributed by atoms with Crippen LogP contribution in [-0.4, -0.2) is 78.4 Å². The van der Waals surface area contributed by atoms with Crippen molar-refractivity contribution in [1.29, 1.82) is 0 Å². The topological polar surface area (TPSA) is 124 Å². The maximum absolute atomic E-state index is 13.1. The van der Waals surface area contributed by atoms with Crippen LogP contribution < -0.4 is 15.4 Å². The summed E-state index contributed by atoms with van der Waals surface area (Å²) in [6, 6.07) is 9.15. The summed E-state index contributed by atoms with van der Waals surface area (Å²) >= 11 is 1.40. The standard InChI is InChI=1S/C28H40N4O5S/c1-27-11-10-22(34)28(2,17-33)21(27)15-20-25(19(27)14-23(35)29-12-13-32(3)4)31-26(38-20)30-24(36)16-37-18-8-6-5-7-9-18/h5-9,19,21-22,33-34H,10-17H2,1-4H3,(H,29,35)(H,30,31,36). The highest BCUT2D eigenvalue weighted by atomic mass is 32.1. The van der Waals surface area contributed by atoms with Crippen LogP contribution in [0.25, 0.3) is 0 Å². The fourth-order valence-electron chi connectivity index (χ4n) is 6.20. The molecule has 5 atom stereocenters. The molecule has 2 aliphatic rings.